The molecule has 0 amide bonds. The summed E-state index contributed by atoms with van der Waals surface area (Å²) in [4.78, 5) is 6.81. The van der Waals surface area contributed by atoms with E-state index in [9.17, 15) is 0 Å². The standard InChI is InChI=1S/C13H27N3/c1-5-8-16-12(14)15-10-13(16,7-3)9-11(4)6-2/h11H,5-10H2,1-4H3,(H2,14,15). The van der Waals surface area contributed by atoms with E-state index in [0.717, 1.165) is 37.8 Å². The maximum absolute atomic E-state index is 6.01. The minimum Gasteiger partial charge on any atom is -0.370 e. The van der Waals surface area contributed by atoms with Gasteiger partial charge in [-0.2, -0.15) is 0 Å². The largest absolute Gasteiger partial charge is 0.370 e. The van der Waals surface area contributed by atoms with Crippen LogP contribution in [0.5, 0.6) is 0 Å². The van der Waals surface area contributed by atoms with Crippen molar-refractivity contribution in [2.45, 2.75) is 58.9 Å². The predicted octanol–water partition coefficient (Wildman–Crippen LogP) is 2.61. The molecular formula is C13H27N3. The summed E-state index contributed by atoms with van der Waals surface area (Å²) >= 11 is 0. The van der Waals surface area contributed by atoms with Gasteiger partial charge >= 0.3 is 0 Å². The maximum Gasteiger partial charge on any atom is 0.191 e. The first-order valence-corrected chi connectivity index (χ1v) is 6.67. The van der Waals surface area contributed by atoms with Crippen LogP contribution >= 0.6 is 0 Å². The smallest absolute Gasteiger partial charge is 0.191 e. The third-order valence-corrected chi connectivity index (χ3v) is 3.92. The molecule has 1 heterocycles. The van der Waals surface area contributed by atoms with Gasteiger partial charge in [-0.25, -0.2) is 0 Å². The lowest BCUT2D eigenvalue weighted by Gasteiger charge is -2.40. The maximum atomic E-state index is 6.01. The van der Waals surface area contributed by atoms with E-state index < -0.39 is 0 Å². The first-order valence-electron chi connectivity index (χ1n) is 6.67. The van der Waals surface area contributed by atoms with Crippen molar-refractivity contribution in [3.05, 3.63) is 0 Å². The van der Waals surface area contributed by atoms with Gasteiger partial charge in [0.15, 0.2) is 5.96 Å². The quantitative estimate of drug-likeness (QED) is 0.755. The zero-order valence-corrected chi connectivity index (χ0v) is 11.3. The lowest BCUT2D eigenvalue weighted by Crippen LogP contribution is -2.52. The number of nitrogens with zero attached hydrogens (tertiary/aromatic N) is 2. The average molecular weight is 225 g/mol. The van der Waals surface area contributed by atoms with E-state index in [4.69, 9.17) is 5.73 Å². The van der Waals surface area contributed by atoms with Gasteiger partial charge in [0.1, 0.15) is 0 Å². The Morgan fingerprint density at radius 2 is 2.12 bits per heavy atom. The molecule has 0 spiro atoms. The summed E-state index contributed by atoms with van der Waals surface area (Å²) in [6.07, 6.45) is 4.73. The molecule has 0 aromatic rings. The first kappa shape index (κ1) is 13.3. The van der Waals surface area contributed by atoms with Gasteiger partial charge in [0.2, 0.25) is 0 Å². The molecule has 1 aliphatic rings. The van der Waals surface area contributed by atoms with Gasteiger partial charge in [0, 0.05) is 6.54 Å². The number of hydrogen-bond donors (Lipinski definition) is 1. The number of guanidine groups is 1. The average Bonchev–Trinajstić information content (AvgIpc) is 2.59. The molecule has 2 unspecified atom stereocenters. The van der Waals surface area contributed by atoms with Crippen LogP contribution < -0.4 is 5.73 Å². The second kappa shape index (κ2) is 5.55. The fourth-order valence-electron chi connectivity index (χ4n) is 2.63. The lowest BCUT2D eigenvalue weighted by atomic mass is 9.84. The first-order chi connectivity index (χ1) is 7.59. The van der Waals surface area contributed by atoms with Gasteiger partial charge < -0.3 is 10.6 Å². The van der Waals surface area contributed by atoms with Crippen LogP contribution in [0.2, 0.25) is 0 Å². The minimum atomic E-state index is 0.204. The van der Waals surface area contributed by atoms with Gasteiger partial charge in [-0.05, 0) is 25.2 Å². The van der Waals surface area contributed by atoms with Crippen LogP contribution in [0, 0.1) is 5.92 Å². The highest BCUT2D eigenvalue weighted by molar-refractivity contribution is 5.81. The molecular weight excluding hydrogens is 198 g/mol. The van der Waals surface area contributed by atoms with Crippen LogP contribution in [0.25, 0.3) is 0 Å². The molecule has 0 saturated carbocycles. The molecule has 0 fully saturated rings. The van der Waals surface area contributed by atoms with Crippen molar-refractivity contribution < 1.29 is 0 Å². The Hall–Kier alpha value is -0.730. The zero-order valence-electron chi connectivity index (χ0n) is 11.3. The predicted molar refractivity (Wildman–Crippen MR) is 70.6 cm³/mol. The van der Waals surface area contributed by atoms with Crippen LogP contribution in [0.1, 0.15) is 53.4 Å². The highest BCUT2D eigenvalue weighted by atomic mass is 15.4. The van der Waals surface area contributed by atoms with Crippen LogP contribution in [0.3, 0.4) is 0 Å². The molecule has 94 valence electrons. The molecule has 3 heteroatoms. The Morgan fingerprint density at radius 3 is 2.62 bits per heavy atom. The molecule has 1 aliphatic heterocycles. The van der Waals surface area contributed by atoms with E-state index >= 15 is 0 Å². The summed E-state index contributed by atoms with van der Waals surface area (Å²) in [6, 6.07) is 0. The van der Waals surface area contributed by atoms with Crippen molar-refractivity contribution in [2.24, 2.45) is 16.6 Å². The third kappa shape index (κ3) is 2.50. The number of rotatable bonds is 6. The fraction of sp³-hybridized carbons (Fsp3) is 0.923. The summed E-state index contributed by atoms with van der Waals surface area (Å²) in [5.41, 5.74) is 6.21. The summed E-state index contributed by atoms with van der Waals surface area (Å²) in [6.45, 7) is 11.0. The second-order valence-corrected chi connectivity index (χ2v) is 5.12. The van der Waals surface area contributed by atoms with E-state index in [1.807, 2.05) is 0 Å². The van der Waals surface area contributed by atoms with Crippen LogP contribution in [0.4, 0.5) is 0 Å². The lowest BCUT2D eigenvalue weighted by molar-refractivity contribution is 0.154. The van der Waals surface area contributed by atoms with E-state index in [-0.39, 0.29) is 5.54 Å². The highest BCUT2D eigenvalue weighted by Gasteiger charge is 2.40. The van der Waals surface area contributed by atoms with Crippen LogP contribution in [-0.4, -0.2) is 29.5 Å². The SMILES string of the molecule is CCCN1C(N)=NCC1(CC)CC(C)CC. The topological polar surface area (TPSA) is 41.6 Å². The highest BCUT2D eigenvalue weighted by Crippen LogP contribution is 2.33. The molecule has 1 rings (SSSR count). The van der Waals surface area contributed by atoms with Crippen molar-refractivity contribution in [3.63, 3.8) is 0 Å². The van der Waals surface area contributed by atoms with E-state index in [1.54, 1.807) is 0 Å². The van der Waals surface area contributed by atoms with Crippen molar-refractivity contribution in [2.75, 3.05) is 13.1 Å². The molecule has 0 bridgehead atoms. The van der Waals surface area contributed by atoms with Crippen molar-refractivity contribution in [1.29, 1.82) is 0 Å². The second-order valence-electron chi connectivity index (χ2n) is 5.12. The molecule has 0 aromatic carbocycles. The van der Waals surface area contributed by atoms with Crippen molar-refractivity contribution >= 4 is 5.96 Å². The van der Waals surface area contributed by atoms with Gasteiger partial charge in [-0.3, -0.25) is 4.99 Å². The number of nitrogens with two attached hydrogens (primary N) is 1. The van der Waals surface area contributed by atoms with E-state index in [0.29, 0.717) is 0 Å². The molecule has 0 radical (unpaired) electrons. The van der Waals surface area contributed by atoms with E-state index in [2.05, 4.69) is 37.6 Å². The van der Waals surface area contributed by atoms with Crippen LogP contribution in [-0.2, 0) is 0 Å². The summed E-state index contributed by atoms with van der Waals surface area (Å²) in [7, 11) is 0. The van der Waals surface area contributed by atoms with Crippen molar-refractivity contribution in [3.8, 4) is 0 Å². The van der Waals surface area contributed by atoms with Gasteiger partial charge in [-0.1, -0.05) is 34.1 Å². The third-order valence-electron chi connectivity index (χ3n) is 3.92. The Labute approximate surface area is 100 Å². The van der Waals surface area contributed by atoms with E-state index in [1.165, 1.54) is 12.8 Å². The van der Waals surface area contributed by atoms with Gasteiger partial charge in [0.25, 0.3) is 0 Å². The monoisotopic (exact) mass is 225 g/mol. The van der Waals surface area contributed by atoms with Crippen molar-refractivity contribution in [1.82, 2.24) is 4.90 Å². The van der Waals surface area contributed by atoms with Crippen LogP contribution in [0.15, 0.2) is 4.99 Å². The molecule has 16 heavy (non-hydrogen) atoms. The molecule has 0 saturated heterocycles. The minimum absolute atomic E-state index is 0.204. The number of aliphatic imine (C=N–C) groups is 1. The Kier molecular flexibility index (Phi) is 4.63. The Morgan fingerprint density at radius 1 is 1.44 bits per heavy atom. The van der Waals surface area contributed by atoms with Gasteiger partial charge in [-0.15, -0.1) is 0 Å². The Balaban J connectivity index is 2.78. The molecule has 0 aliphatic carbocycles. The van der Waals surface area contributed by atoms with Gasteiger partial charge in [0.05, 0.1) is 12.1 Å². The normalized spacial score (nSPS) is 27.0. The number of hydrogen-bond acceptors (Lipinski definition) is 3. The molecule has 2 N–H and O–H groups in total. The Bertz CT molecular complexity index is 250. The zero-order chi connectivity index (χ0) is 12.2. The summed E-state index contributed by atoms with van der Waals surface area (Å²) < 4.78 is 0. The molecule has 0 aromatic heterocycles. The fourth-order valence-corrected chi connectivity index (χ4v) is 2.63. The summed E-state index contributed by atoms with van der Waals surface area (Å²) in [5, 5.41) is 0. The summed E-state index contributed by atoms with van der Waals surface area (Å²) in [5.74, 6) is 1.51. The molecule has 3 nitrogen and oxygen atoms in total. The molecule has 2 atom stereocenters.